The number of halogens is 1. The summed E-state index contributed by atoms with van der Waals surface area (Å²) in [5.74, 6) is 1.26. The predicted molar refractivity (Wildman–Crippen MR) is 61.3 cm³/mol. The van der Waals surface area contributed by atoms with Crippen LogP contribution in [0.1, 0.15) is 12.8 Å². The third kappa shape index (κ3) is 3.27. The summed E-state index contributed by atoms with van der Waals surface area (Å²) in [4.78, 5) is 2.46. The summed E-state index contributed by atoms with van der Waals surface area (Å²) >= 11 is 5.53. The van der Waals surface area contributed by atoms with E-state index < -0.39 is 0 Å². The fourth-order valence-corrected chi connectivity index (χ4v) is 2.64. The number of alkyl halides is 1. The van der Waals surface area contributed by atoms with Crippen molar-refractivity contribution in [2.24, 2.45) is 5.41 Å². The Bertz CT molecular complexity index is 136. The van der Waals surface area contributed by atoms with Gasteiger partial charge >= 0.3 is 0 Å². The van der Waals surface area contributed by atoms with E-state index in [9.17, 15) is 0 Å². The minimum atomic E-state index is 0.646. The number of nitrogens with zero attached hydrogens (tertiary/aromatic N) is 1. The Balaban J connectivity index is 2.13. The van der Waals surface area contributed by atoms with Crippen molar-refractivity contribution in [1.29, 1.82) is 0 Å². The SMILES string of the molecule is CSCCN(C)CC1(CBr)CC1. The van der Waals surface area contributed by atoms with Crippen LogP contribution in [-0.4, -0.2) is 42.4 Å². The molecule has 0 saturated heterocycles. The Labute approximate surface area is 88.4 Å². The van der Waals surface area contributed by atoms with E-state index in [0.717, 1.165) is 0 Å². The Kier molecular flexibility index (Phi) is 4.41. The van der Waals surface area contributed by atoms with Crippen molar-refractivity contribution in [2.45, 2.75) is 12.8 Å². The van der Waals surface area contributed by atoms with Gasteiger partial charge in [0.1, 0.15) is 0 Å². The van der Waals surface area contributed by atoms with Crippen LogP contribution in [0.5, 0.6) is 0 Å². The molecule has 0 aromatic heterocycles. The maximum Gasteiger partial charge on any atom is 0.0100 e. The van der Waals surface area contributed by atoms with Gasteiger partial charge in [-0.3, -0.25) is 0 Å². The Morgan fingerprint density at radius 2 is 2.17 bits per heavy atom. The first-order valence-electron chi connectivity index (χ1n) is 4.46. The molecule has 0 amide bonds. The molecule has 0 bridgehead atoms. The molecule has 0 unspecified atom stereocenters. The molecule has 0 atom stereocenters. The molecule has 0 N–H and O–H groups in total. The van der Waals surface area contributed by atoms with Gasteiger partial charge in [0.05, 0.1) is 0 Å². The third-order valence-electron chi connectivity index (χ3n) is 2.52. The standard InChI is InChI=1S/C9H18BrNS/c1-11(5-6-12-2)8-9(7-10)3-4-9/h3-8H2,1-2H3. The Morgan fingerprint density at radius 3 is 2.58 bits per heavy atom. The second-order valence-electron chi connectivity index (χ2n) is 3.86. The summed E-state index contributed by atoms with van der Waals surface area (Å²) in [6, 6.07) is 0. The average Bonchev–Trinajstić information content (AvgIpc) is 2.82. The van der Waals surface area contributed by atoms with Crippen LogP contribution < -0.4 is 0 Å². The van der Waals surface area contributed by atoms with Crippen molar-refractivity contribution in [3.05, 3.63) is 0 Å². The monoisotopic (exact) mass is 251 g/mol. The van der Waals surface area contributed by atoms with Crippen LogP contribution in [-0.2, 0) is 0 Å². The van der Waals surface area contributed by atoms with E-state index >= 15 is 0 Å². The van der Waals surface area contributed by atoms with Gasteiger partial charge in [0.15, 0.2) is 0 Å². The molecule has 0 aliphatic heterocycles. The molecular weight excluding hydrogens is 234 g/mol. The molecule has 1 fully saturated rings. The number of thioether (sulfide) groups is 1. The van der Waals surface area contributed by atoms with Crippen LogP contribution in [0.2, 0.25) is 0 Å². The van der Waals surface area contributed by atoms with Gasteiger partial charge in [-0.05, 0) is 31.6 Å². The zero-order valence-electron chi connectivity index (χ0n) is 7.98. The summed E-state index contributed by atoms with van der Waals surface area (Å²) in [6.07, 6.45) is 5.01. The van der Waals surface area contributed by atoms with Gasteiger partial charge in [-0.25, -0.2) is 0 Å². The molecule has 0 aromatic carbocycles. The van der Waals surface area contributed by atoms with Crippen molar-refractivity contribution in [1.82, 2.24) is 4.90 Å². The third-order valence-corrected chi connectivity index (χ3v) is 4.30. The maximum atomic E-state index is 3.60. The van der Waals surface area contributed by atoms with Crippen LogP contribution in [0.25, 0.3) is 0 Å². The second kappa shape index (κ2) is 4.87. The molecule has 0 spiro atoms. The second-order valence-corrected chi connectivity index (χ2v) is 5.41. The lowest BCUT2D eigenvalue weighted by molar-refractivity contribution is 0.293. The lowest BCUT2D eigenvalue weighted by Gasteiger charge is -2.21. The highest BCUT2D eigenvalue weighted by Crippen LogP contribution is 2.47. The lowest BCUT2D eigenvalue weighted by atomic mass is 10.1. The highest BCUT2D eigenvalue weighted by molar-refractivity contribution is 9.09. The highest BCUT2D eigenvalue weighted by Gasteiger charge is 2.41. The molecule has 1 aliphatic rings. The van der Waals surface area contributed by atoms with E-state index in [1.54, 1.807) is 0 Å². The fraction of sp³-hybridized carbons (Fsp3) is 1.00. The normalized spacial score (nSPS) is 20.0. The van der Waals surface area contributed by atoms with E-state index in [-0.39, 0.29) is 0 Å². The molecule has 1 aliphatic carbocycles. The highest BCUT2D eigenvalue weighted by atomic mass is 79.9. The molecular formula is C9H18BrNS. The van der Waals surface area contributed by atoms with Gasteiger partial charge in [-0.1, -0.05) is 15.9 Å². The number of hydrogen-bond donors (Lipinski definition) is 0. The number of hydrogen-bond acceptors (Lipinski definition) is 2. The van der Waals surface area contributed by atoms with Gasteiger partial charge in [0, 0.05) is 24.2 Å². The van der Waals surface area contributed by atoms with Gasteiger partial charge in [-0.15, -0.1) is 0 Å². The Morgan fingerprint density at radius 1 is 1.50 bits per heavy atom. The molecule has 72 valence electrons. The van der Waals surface area contributed by atoms with Crippen LogP contribution >= 0.6 is 27.7 Å². The zero-order valence-corrected chi connectivity index (χ0v) is 10.4. The molecule has 1 saturated carbocycles. The quantitative estimate of drug-likeness (QED) is 0.668. The van der Waals surface area contributed by atoms with Crippen LogP contribution in [0.4, 0.5) is 0 Å². The van der Waals surface area contributed by atoms with E-state index in [4.69, 9.17) is 0 Å². The summed E-state index contributed by atoms with van der Waals surface area (Å²) in [7, 11) is 2.24. The lowest BCUT2D eigenvalue weighted by Crippen LogP contribution is -2.29. The first-order valence-corrected chi connectivity index (χ1v) is 6.97. The number of rotatable bonds is 6. The molecule has 0 aromatic rings. The van der Waals surface area contributed by atoms with Crippen molar-refractivity contribution < 1.29 is 0 Å². The van der Waals surface area contributed by atoms with E-state index in [2.05, 4.69) is 34.1 Å². The van der Waals surface area contributed by atoms with Crippen LogP contribution in [0.15, 0.2) is 0 Å². The summed E-state index contributed by atoms with van der Waals surface area (Å²) in [5.41, 5.74) is 0.646. The molecule has 3 heteroatoms. The van der Waals surface area contributed by atoms with Gasteiger partial charge in [0.25, 0.3) is 0 Å². The first kappa shape index (κ1) is 10.9. The topological polar surface area (TPSA) is 3.24 Å². The molecule has 12 heavy (non-hydrogen) atoms. The van der Waals surface area contributed by atoms with E-state index in [1.807, 2.05) is 11.8 Å². The van der Waals surface area contributed by atoms with E-state index in [0.29, 0.717) is 5.41 Å². The molecule has 1 nitrogen and oxygen atoms in total. The summed E-state index contributed by atoms with van der Waals surface area (Å²) in [5, 5.41) is 1.18. The minimum Gasteiger partial charge on any atom is -0.305 e. The van der Waals surface area contributed by atoms with Gasteiger partial charge < -0.3 is 4.90 Å². The fourth-order valence-electron chi connectivity index (χ4n) is 1.41. The van der Waals surface area contributed by atoms with Gasteiger partial charge in [0.2, 0.25) is 0 Å². The van der Waals surface area contributed by atoms with Crippen molar-refractivity contribution >= 4 is 27.7 Å². The summed E-state index contributed by atoms with van der Waals surface area (Å²) < 4.78 is 0. The molecule has 0 radical (unpaired) electrons. The first-order chi connectivity index (χ1) is 5.72. The van der Waals surface area contributed by atoms with Crippen LogP contribution in [0, 0.1) is 5.41 Å². The molecule has 1 rings (SSSR count). The summed E-state index contributed by atoms with van der Waals surface area (Å²) in [6.45, 7) is 2.51. The van der Waals surface area contributed by atoms with Gasteiger partial charge in [-0.2, -0.15) is 11.8 Å². The van der Waals surface area contributed by atoms with E-state index in [1.165, 1.54) is 37.0 Å². The van der Waals surface area contributed by atoms with Crippen molar-refractivity contribution in [3.8, 4) is 0 Å². The van der Waals surface area contributed by atoms with Crippen molar-refractivity contribution in [2.75, 3.05) is 37.5 Å². The smallest absolute Gasteiger partial charge is 0.0100 e. The van der Waals surface area contributed by atoms with Crippen molar-refractivity contribution in [3.63, 3.8) is 0 Å². The predicted octanol–water partition coefficient (Wildman–Crippen LogP) is 2.46. The largest absolute Gasteiger partial charge is 0.305 e. The maximum absolute atomic E-state index is 3.60. The van der Waals surface area contributed by atoms with Crippen LogP contribution in [0.3, 0.4) is 0 Å². The Hall–Kier alpha value is 0.790. The molecule has 0 heterocycles. The zero-order chi connectivity index (χ0) is 9.03. The minimum absolute atomic E-state index is 0.646. The average molecular weight is 252 g/mol.